The molecule has 0 aliphatic heterocycles. The minimum Gasteiger partial charge on any atom is -0.375 e. The summed E-state index contributed by atoms with van der Waals surface area (Å²) in [5.74, 6) is -1.13. The number of halogens is 2. The Morgan fingerprint density at radius 2 is 2.27 bits per heavy atom. The maximum atomic E-state index is 13.3. The average molecular weight is 457 g/mol. The van der Waals surface area contributed by atoms with Gasteiger partial charge in [0.15, 0.2) is 16.7 Å². The summed E-state index contributed by atoms with van der Waals surface area (Å²) in [6.07, 6.45) is 1.37. The molecule has 0 spiro atoms. The number of hydroxylamine groups is 1. The molecule has 0 saturated heterocycles. The zero-order chi connectivity index (χ0) is 21.5. The highest BCUT2D eigenvalue weighted by Crippen LogP contribution is 2.22. The minimum atomic E-state index is -0.612. The van der Waals surface area contributed by atoms with Crippen molar-refractivity contribution in [3.05, 3.63) is 45.8 Å². The minimum absolute atomic E-state index is 0.00920. The van der Waals surface area contributed by atoms with E-state index in [0.29, 0.717) is 10.0 Å². The van der Waals surface area contributed by atoms with Crippen molar-refractivity contribution in [3.8, 4) is 0 Å². The van der Waals surface area contributed by atoms with Crippen LogP contribution in [-0.2, 0) is 4.84 Å². The molecule has 0 aliphatic carbocycles. The number of amides is 1. The van der Waals surface area contributed by atoms with Crippen LogP contribution in [0.25, 0.3) is 0 Å². The van der Waals surface area contributed by atoms with Crippen LogP contribution in [0.15, 0.2) is 34.0 Å². The lowest BCUT2D eigenvalue weighted by molar-refractivity contribution is 0.0939. The van der Waals surface area contributed by atoms with Crippen molar-refractivity contribution in [1.29, 1.82) is 0 Å². The summed E-state index contributed by atoms with van der Waals surface area (Å²) in [4.78, 5) is 25.3. The maximum Gasteiger partial charge on any atom is 0.263 e. The predicted molar refractivity (Wildman–Crippen MR) is 105 cm³/mol. The molecule has 0 saturated carbocycles. The lowest BCUT2D eigenvalue weighted by Crippen LogP contribution is -2.27. The van der Waals surface area contributed by atoms with Gasteiger partial charge in [0.2, 0.25) is 5.82 Å². The standard InChI is InChI=1S/C15H14ClFN8O4S/c16-8-5-7(1-2-9(8)17)21-12(22-27)11-13(25-29-23-11)24-28-4-3-19-14(26)10-6-20-15(18)30-10/h1-2,5-6,27H,3-4H2,(H2,18,20)(H,19,26)(H,21,22)(H,24,25). The van der Waals surface area contributed by atoms with Crippen molar-refractivity contribution in [3.63, 3.8) is 0 Å². The molecular weight excluding hydrogens is 443 g/mol. The number of hydrogen-bond donors (Lipinski definition) is 5. The third-order valence-corrected chi connectivity index (χ3v) is 4.48. The number of anilines is 2. The summed E-state index contributed by atoms with van der Waals surface area (Å²) in [5, 5.41) is 19.3. The SMILES string of the molecule is Nc1ncc(C(=O)NCCONc2nonc2C(=Nc2ccc(F)c(Cl)c2)NO)s1. The largest absolute Gasteiger partial charge is 0.375 e. The lowest BCUT2D eigenvalue weighted by atomic mass is 10.3. The molecule has 158 valence electrons. The van der Waals surface area contributed by atoms with Crippen molar-refractivity contribution in [2.75, 3.05) is 24.4 Å². The summed E-state index contributed by atoms with van der Waals surface area (Å²) in [5.41, 5.74) is 10.00. The Bertz CT molecular complexity index is 1060. The predicted octanol–water partition coefficient (Wildman–Crippen LogP) is 1.73. The molecule has 12 nitrogen and oxygen atoms in total. The van der Waals surface area contributed by atoms with Gasteiger partial charge in [0.05, 0.1) is 23.5 Å². The first-order valence-electron chi connectivity index (χ1n) is 8.12. The van der Waals surface area contributed by atoms with E-state index in [0.717, 1.165) is 17.4 Å². The van der Waals surface area contributed by atoms with Gasteiger partial charge < -0.3 is 11.1 Å². The number of nitrogens with two attached hydrogens (primary N) is 1. The van der Waals surface area contributed by atoms with Crippen molar-refractivity contribution in [2.45, 2.75) is 0 Å². The Morgan fingerprint density at radius 3 is 2.97 bits per heavy atom. The zero-order valence-electron chi connectivity index (χ0n) is 14.9. The number of aliphatic imine (C=N–C) groups is 1. The number of carbonyl (C=O) groups is 1. The van der Waals surface area contributed by atoms with Gasteiger partial charge >= 0.3 is 0 Å². The van der Waals surface area contributed by atoms with Gasteiger partial charge in [-0.1, -0.05) is 22.9 Å². The van der Waals surface area contributed by atoms with Gasteiger partial charge in [-0.25, -0.2) is 24.5 Å². The number of nitrogens with zero attached hydrogens (tertiary/aromatic N) is 4. The molecule has 6 N–H and O–H groups in total. The van der Waals surface area contributed by atoms with E-state index >= 15 is 0 Å². The van der Waals surface area contributed by atoms with Gasteiger partial charge in [0.25, 0.3) is 5.91 Å². The van der Waals surface area contributed by atoms with Gasteiger partial charge in [0, 0.05) is 6.54 Å². The zero-order valence-corrected chi connectivity index (χ0v) is 16.5. The van der Waals surface area contributed by atoms with Crippen LogP contribution in [0.1, 0.15) is 15.4 Å². The Labute approximate surface area is 176 Å². The number of aromatic nitrogens is 3. The second-order valence-electron chi connectivity index (χ2n) is 5.40. The number of nitrogens with one attached hydrogen (secondary N) is 3. The number of rotatable bonds is 8. The van der Waals surface area contributed by atoms with Crippen LogP contribution >= 0.6 is 22.9 Å². The molecule has 30 heavy (non-hydrogen) atoms. The number of thiazole rings is 1. The van der Waals surface area contributed by atoms with Crippen LogP contribution in [0, 0.1) is 5.82 Å². The number of nitrogen functional groups attached to an aromatic ring is 1. The highest BCUT2D eigenvalue weighted by Gasteiger charge is 2.17. The van der Waals surface area contributed by atoms with Crippen LogP contribution in [0.4, 0.5) is 21.0 Å². The molecule has 15 heteroatoms. The Hall–Kier alpha value is -3.33. The quantitative estimate of drug-likeness (QED) is 0.145. The van der Waals surface area contributed by atoms with E-state index in [1.165, 1.54) is 18.3 Å². The molecule has 1 aromatic carbocycles. The Kier molecular flexibility index (Phi) is 7.08. The topological polar surface area (TPSA) is 173 Å². The first kappa shape index (κ1) is 21.4. The van der Waals surface area contributed by atoms with Gasteiger partial charge in [0.1, 0.15) is 10.7 Å². The molecule has 0 unspecified atom stereocenters. The van der Waals surface area contributed by atoms with Crippen LogP contribution in [-0.4, -0.2) is 45.4 Å². The maximum absolute atomic E-state index is 13.3. The highest BCUT2D eigenvalue weighted by molar-refractivity contribution is 7.17. The van der Waals surface area contributed by atoms with E-state index in [2.05, 4.69) is 35.7 Å². The molecule has 0 aliphatic rings. The second kappa shape index (κ2) is 9.93. The van der Waals surface area contributed by atoms with Gasteiger partial charge in [-0.3, -0.25) is 20.3 Å². The number of carbonyl (C=O) groups excluding carboxylic acids is 1. The smallest absolute Gasteiger partial charge is 0.263 e. The summed E-state index contributed by atoms with van der Waals surface area (Å²) in [6, 6.07) is 3.72. The van der Waals surface area contributed by atoms with Crippen LogP contribution < -0.4 is 22.0 Å². The van der Waals surface area contributed by atoms with Crippen molar-refractivity contribution < 1.29 is 23.9 Å². The second-order valence-corrected chi connectivity index (χ2v) is 6.87. The monoisotopic (exact) mass is 456 g/mol. The number of amidine groups is 1. The molecule has 3 aromatic rings. The van der Waals surface area contributed by atoms with E-state index in [1.54, 1.807) is 0 Å². The average Bonchev–Trinajstić information content (AvgIpc) is 3.37. The molecule has 1 amide bonds. The normalized spacial score (nSPS) is 11.4. The lowest BCUT2D eigenvalue weighted by Gasteiger charge is -2.07. The highest BCUT2D eigenvalue weighted by atomic mass is 35.5. The van der Waals surface area contributed by atoms with Crippen LogP contribution in [0.5, 0.6) is 0 Å². The summed E-state index contributed by atoms with van der Waals surface area (Å²) >= 11 is 6.77. The fourth-order valence-corrected chi connectivity index (χ4v) is 2.82. The molecule has 2 heterocycles. The first-order chi connectivity index (χ1) is 14.5. The van der Waals surface area contributed by atoms with Crippen LogP contribution in [0.3, 0.4) is 0 Å². The third kappa shape index (κ3) is 5.38. The van der Waals surface area contributed by atoms with Crippen LogP contribution in [0.2, 0.25) is 5.02 Å². The fourth-order valence-electron chi connectivity index (χ4n) is 2.04. The fraction of sp³-hybridized carbons (Fsp3) is 0.133. The molecule has 0 fully saturated rings. The van der Waals surface area contributed by atoms with Gasteiger partial charge in [-0.2, -0.15) is 0 Å². The third-order valence-electron chi connectivity index (χ3n) is 3.37. The number of hydrogen-bond acceptors (Lipinski definition) is 11. The molecule has 3 rings (SSSR count). The van der Waals surface area contributed by atoms with Crippen molar-refractivity contribution >= 4 is 51.3 Å². The molecule has 0 radical (unpaired) electrons. The molecule has 0 atom stereocenters. The number of benzene rings is 1. The molecule has 0 bridgehead atoms. The van der Waals surface area contributed by atoms with E-state index in [4.69, 9.17) is 22.2 Å². The van der Waals surface area contributed by atoms with E-state index in [-0.39, 0.29) is 47.1 Å². The summed E-state index contributed by atoms with van der Waals surface area (Å²) < 4.78 is 17.9. The Morgan fingerprint density at radius 1 is 1.43 bits per heavy atom. The van der Waals surface area contributed by atoms with Crippen molar-refractivity contribution in [2.24, 2.45) is 4.99 Å². The summed E-state index contributed by atoms with van der Waals surface area (Å²) in [7, 11) is 0. The van der Waals surface area contributed by atoms with Gasteiger partial charge in [-0.05, 0) is 28.5 Å². The summed E-state index contributed by atoms with van der Waals surface area (Å²) in [6.45, 7) is 0.219. The molecule has 2 aromatic heterocycles. The van der Waals surface area contributed by atoms with E-state index in [9.17, 15) is 14.4 Å². The van der Waals surface area contributed by atoms with E-state index < -0.39 is 5.82 Å². The van der Waals surface area contributed by atoms with Crippen molar-refractivity contribution in [1.82, 2.24) is 26.1 Å². The molecular formula is C15H14ClFN8O4S. The Balaban J connectivity index is 1.55. The van der Waals surface area contributed by atoms with Gasteiger partial charge in [-0.15, -0.1) is 0 Å². The van der Waals surface area contributed by atoms with E-state index in [1.807, 2.05) is 5.48 Å². The first-order valence-corrected chi connectivity index (χ1v) is 9.31.